The number of ether oxygens (including phenoxy) is 1. The number of carbonyl (C=O) groups excluding carboxylic acids is 1. The van der Waals surface area contributed by atoms with Gasteiger partial charge >= 0.3 is 5.97 Å². The topological polar surface area (TPSA) is 26.3 Å². The monoisotopic (exact) mass is 352 g/mol. The number of hydrogen-bond donors (Lipinski definition) is 0. The zero-order chi connectivity index (χ0) is 18.6. The third-order valence-electron chi connectivity index (χ3n) is 8.31. The van der Waals surface area contributed by atoms with E-state index in [2.05, 4.69) is 27.7 Å². The summed E-state index contributed by atoms with van der Waals surface area (Å²) in [5.41, 5.74) is 1.44. The molecule has 3 fully saturated rings. The highest BCUT2D eigenvalue weighted by atomic mass is 16.6. The maximum absolute atomic E-state index is 12.6. The molecule has 3 saturated carbocycles. The predicted molar refractivity (Wildman–Crippen MR) is 105 cm³/mol. The van der Waals surface area contributed by atoms with Crippen LogP contribution in [0.2, 0.25) is 0 Å². The first kappa shape index (κ1) is 17.8. The van der Waals surface area contributed by atoms with E-state index in [0.717, 1.165) is 23.8 Å². The molecule has 1 aromatic carbocycles. The van der Waals surface area contributed by atoms with Crippen LogP contribution < -0.4 is 0 Å². The Hall–Kier alpha value is -1.57. The van der Waals surface area contributed by atoms with E-state index < -0.39 is 0 Å². The van der Waals surface area contributed by atoms with Crippen LogP contribution in [0.4, 0.5) is 0 Å². The SMILES string of the molecule is C[C@@H]1CC[C@H]2C(C)(C)[C@H]3C[C@@]12CC[C@@]3(C)OC(=O)/C=C/c1ccccc1. The van der Waals surface area contributed by atoms with Crippen molar-refractivity contribution in [2.24, 2.45) is 28.6 Å². The summed E-state index contributed by atoms with van der Waals surface area (Å²) in [6.45, 7) is 9.50. The van der Waals surface area contributed by atoms with E-state index in [9.17, 15) is 4.79 Å². The molecular weight excluding hydrogens is 320 g/mol. The minimum absolute atomic E-state index is 0.201. The Bertz CT molecular complexity index is 719. The zero-order valence-corrected chi connectivity index (χ0v) is 16.6. The second-order valence-corrected chi connectivity index (χ2v) is 9.82. The van der Waals surface area contributed by atoms with Gasteiger partial charge in [0.25, 0.3) is 0 Å². The minimum Gasteiger partial charge on any atom is -0.456 e. The highest BCUT2D eigenvalue weighted by Gasteiger charge is 2.68. The van der Waals surface area contributed by atoms with E-state index in [1.807, 2.05) is 36.4 Å². The van der Waals surface area contributed by atoms with Crippen LogP contribution in [0.25, 0.3) is 6.08 Å². The second kappa shape index (κ2) is 5.97. The molecular formula is C24H32O2. The second-order valence-electron chi connectivity index (χ2n) is 9.82. The van der Waals surface area contributed by atoms with Crippen LogP contribution in [0.5, 0.6) is 0 Å². The largest absolute Gasteiger partial charge is 0.456 e. The Morgan fingerprint density at radius 2 is 1.81 bits per heavy atom. The van der Waals surface area contributed by atoms with Crippen LogP contribution in [-0.2, 0) is 9.53 Å². The summed E-state index contributed by atoms with van der Waals surface area (Å²) in [6, 6.07) is 9.94. The predicted octanol–water partition coefficient (Wildman–Crippen LogP) is 5.87. The van der Waals surface area contributed by atoms with Gasteiger partial charge in [-0.3, -0.25) is 0 Å². The van der Waals surface area contributed by atoms with Gasteiger partial charge in [0, 0.05) is 12.0 Å². The zero-order valence-electron chi connectivity index (χ0n) is 16.6. The average molecular weight is 353 g/mol. The van der Waals surface area contributed by atoms with E-state index in [0.29, 0.717) is 11.3 Å². The van der Waals surface area contributed by atoms with Crippen LogP contribution in [0, 0.1) is 28.6 Å². The summed E-state index contributed by atoms with van der Waals surface area (Å²) < 4.78 is 6.14. The molecule has 2 nitrogen and oxygen atoms in total. The lowest BCUT2D eigenvalue weighted by molar-refractivity contribution is -0.167. The van der Waals surface area contributed by atoms with E-state index in [1.165, 1.54) is 25.7 Å². The van der Waals surface area contributed by atoms with Gasteiger partial charge in [0.2, 0.25) is 0 Å². The lowest BCUT2D eigenvalue weighted by atomic mass is 9.64. The molecule has 5 atom stereocenters. The molecule has 0 unspecified atom stereocenters. The van der Waals surface area contributed by atoms with Crippen LogP contribution in [-0.4, -0.2) is 11.6 Å². The number of fused-ring (bicyclic) bond motifs is 1. The molecule has 3 aliphatic rings. The van der Waals surface area contributed by atoms with Crippen molar-refractivity contribution in [3.63, 3.8) is 0 Å². The molecule has 0 saturated heterocycles. The fourth-order valence-electron chi connectivity index (χ4n) is 6.97. The molecule has 4 rings (SSSR count). The average Bonchev–Trinajstić information content (AvgIpc) is 3.03. The highest BCUT2D eigenvalue weighted by Crippen LogP contribution is 2.73. The van der Waals surface area contributed by atoms with Crippen molar-refractivity contribution in [2.75, 3.05) is 0 Å². The van der Waals surface area contributed by atoms with Crippen molar-refractivity contribution < 1.29 is 9.53 Å². The molecule has 3 aliphatic carbocycles. The summed E-state index contributed by atoms with van der Waals surface area (Å²) in [5, 5.41) is 0. The van der Waals surface area contributed by atoms with E-state index in [4.69, 9.17) is 4.74 Å². The van der Waals surface area contributed by atoms with Crippen molar-refractivity contribution in [3.05, 3.63) is 42.0 Å². The van der Waals surface area contributed by atoms with Crippen molar-refractivity contribution in [1.29, 1.82) is 0 Å². The first-order valence-corrected chi connectivity index (χ1v) is 10.2. The molecule has 1 aromatic rings. The fraction of sp³-hybridized carbons (Fsp3) is 0.625. The van der Waals surface area contributed by atoms with Gasteiger partial charge in [-0.25, -0.2) is 4.79 Å². The van der Waals surface area contributed by atoms with Crippen molar-refractivity contribution in [2.45, 2.75) is 65.4 Å². The summed E-state index contributed by atoms with van der Waals surface area (Å²) >= 11 is 0. The molecule has 0 aromatic heterocycles. The van der Waals surface area contributed by atoms with E-state index in [1.54, 1.807) is 6.08 Å². The maximum Gasteiger partial charge on any atom is 0.331 e. The summed E-state index contributed by atoms with van der Waals surface area (Å²) in [6.07, 6.45) is 9.62. The first-order valence-electron chi connectivity index (χ1n) is 10.2. The molecule has 0 aliphatic heterocycles. The lowest BCUT2D eigenvalue weighted by Crippen LogP contribution is -2.47. The lowest BCUT2D eigenvalue weighted by Gasteiger charge is -2.46. The standard InChI is InChI=1S/C24H32O2/c1-17-10-12-19-22(2,3)20-16-24(17,19)15-14-23(20,4)26-21(25)13-11-18-8-6-5-7-9-18/h5-9,11,13,17,19-20H,10,12,14-16H2,1-4H3/b13-11+/t17-,19+,20-,23-,24+/m1/s1. The number of esters is 1. The number of hydrogen-bond acceptors (Lipinski definition) is 2. The molecule has 0 radical (unpaired) electrons. The normalized spacial score (nSPS) is 40.5. The Kier molecular flexibility index (Phi) is 4.09. The van der Waals surface area contributed by atoms with E-state index >= 15 is 0 Å². The Labute approximate surface area is 158 Å². The van der Waals surface area contributed by atoms with Crippen LogP contribution in [0.3, 0.4) is 0 Å². The summed E-state index contributed by atoms with van der Waals surface area (Å²) in [5.74, 6) is 1.86. The third kappa shape index (κ3) is 2.56. The van der Waals surface area contributed by atoms with E-state index in [-0.39, 0.29) is 17.0 Å². The molecule has 1 spiro atoms. The van der Waals surface area contributed by atoms with Gasteiger partial charge < -0.3 is 4.74 Å². The van der Waals surface area contributed by atoms with Crippen LogP contribution >= 0.6 is 0 Å². The van der Waals surface area contributed by atoms with Crippen LogP contribution in [0.1, 0.15) is 65.4 Å². The molecule has 26 heavy (non-hydrogen) atoms. The van der Waals surface area contributed by atoms with Gasteiger partial charge in [0.05, 0.1) is 0 Å². The van der Waals surface area contributed by atoms with Crippen molar-refractivity contribution >= 4 is 12.0 Å². The third-order valence-corrected chi connectivity index (χ3v) is 8.31. The van der Waals surface area contributed by atoms with Gasteiger partial charge in [-0.05, 0) is 73.3 Å². The number of benzene rings is 1. The number of carbonyl (C=O) groups is 1. The molecule has 2 heteroatoms. The molecule has 0 N–H and O–H groups in total. The Morgan fingerprint density at radius 3 is 2.54 bits per heavy atom. The Morgan fingerprint density at radius 1 is 1.08 bits per heavy atom. The van der Waals surface area contributed by atoms with Gasteiger partial charge in [0.1, 0.15) is 5.60 Å². The van der Waals surface area contributed by atoms with Crippen LogP contribution in [0.15, 0.2) is 36.4 Å². The Balaban J connectivity index is 1.53. The summed E-state index contributed by atoms with van der Waals surface area (Å²) in [4.78, 5) is 12.6. The smallest absolute Gasteiger partial charge is 0.331 e. The molecule has 0 heterocycles. The first-order chi connectivity index (χ1) is 12.3. The summed E-state index contributed by atoms with van der Waals surface area (Å²) in [7, 11) is 0. The van der Waals surface area contributed by atoms with Gasteiger partial charge in [-0.2, -0.15) is 0 Å². The quantitative estimate of drug-likeness (QED) is 0.502. The highest BCUT2D eigenvalue weighted by molar-refractivity contribution is 5.87. The molecule has 140 valence electrons. The molecule has 2 bridgehead atoms. The molecule has 0 amide bonds. The van der Waals surface area contributed by atoms with Gasteiger partial charge in [-0.15, -0.1) is 0 Å². The fourth-order valence-corrected chi connectivity index (χ4v) is 6.97. The van der Waals surface area contributed by atoms with Crippen molar-refractivity contribution in [3.8, 4) is 0 Å². The van der Waals surface area contributed by atoms with Gasteiger partial charge in [0.15, 0.2) is 0 Å². The minimum atomic E-state index is -0.336. The van der Waals surface area contributed by atoms with Crippen molar-refractivity contribution in [1.82, 2.24) is 0 Å². The number of rotatable bonds is 3. The van der Waals surface area contributed by atoms with Gasteiger partial charge in [-0.1, -0.05) is 51.1 Å². The maximum atomic E-state index is 12.6.